The van der Waals surface area contributed by atoms with Crippen LogP contribution in [0.1, 0.15) is 22.4 Å². The number of aliphatic imine (C=N–C) groups is 1. The van der Waals surface area contributed by atoms with Gasteiger partial charge in [0.15, 0.2) is 5.96 Å². The maximum Gasteiger partial charge on any atom is 0.191 e. The lowest BCUT2D eigenvalue weighted by Gasteiger charge is -2.20. The Morgan fingerprint density at radius 3 is 2.46 bits per heavy atom. The lowest BCUT2D eigenvalue weighted by atomic mass is 10.1. The number of halogens is 1. The summed E-state index contributed by atoms with van der Waals surface area (Å²) in [7, 11) is 0. The maximum atomic E-state index is 10.7. The van der Waals surface area contributed by atoms with Gasteiger partial charge < -0.3 is 20.2 Å². The second-order valence-electron chi connectivity index (χ2n) is 6.43. The summed E-state index contributed by atoms with van der Waals surface area (Å²) in [4.78, 5) is 6.87. The van der Waals surface area contributed by atoms with Crippen molar-refractivity contribution >= 4 is 52.6 Å². The van der Waals surface area contributed by atoms with Crippen molar-refractivity contribution in [3.8, 4) is 0 Å². The van der Waals surface area contributed by atoms with Crippen molar-refractivity contribution in [3.63, 3.8) is 0 Å². The van der Waals surface area contributed by atoms with Gasteiger partial charge in [-0.3, -0.25) is 0 Å². The zero-order chi connectivity index (χ0) is 19.0. The minimum Gasteiger partial charge on any atom is -0.469 e. The Labute approximate surface area is 190 Å². The zero-order valence-electron chi connectivity index (χ0n) is 15.8. The Hall–Kier alpha value is -1.36. The second kappa shape index (κ2) is 11.6. The van der Waals surface area contributed by atoms with Crippen LogP contribution in [0.3, 0.4) is 0 Å². The van der Waals surface area contributed by atoms with Crippen molar-refractivity contribution in [2.75, 3.05) is 19.6 Å². The fourth-order valence-corrected chi connectivity index (χ4v) is 4.08. The summed E-state index contributed by atoms with van der Waals surface area (Å²) in [5.41, 5.74) is -0.975. The molecule has 0 aliphatic rings. The molecule has 152 valence electrons. The predicted octanol–water partition coefficient (Wildman–Crippen LogP) is 4.25. The number of rotatable bonds is 9. The van der Waals surface area contributed by atoms with Crippen LogP contribution < -0.4 is 10.6 Å². The summed E-state index contributed by atoms with van der Waals surface area (Å²) < 4.78 is 5.37. The molecule has 0 saturated carbocycles. The Morgan fingerprint density at radius 1 is 1.07 bits per heavy atom. The molecule has 5 nitrogen and oxygen atoms in total. The number of hydrogen-bond donors (Lipinski definition) is 3. The Kier molecular flexibility index (Phi) is 9.49. The van der Waals surface area contributed by atoms with Crippen molar-refractivity contribution in [3.05, 3.63) is 68.9 Å². The fraction of sp³-hybridized carbons (Fsp3) is 0.350. The summed E-state index contributed by atoms with van der Waals surface area (Å²) in [5, 5.41) is 21.5. The topological polar surface area (TPSA) is 69.8 Å². The highest BCUT2D eigenvalue weighted by Gasteiger charge is 2.24. The average molecular weight is 531 g/mol. The number of furan rings is 1. The molecule has 0 radical (unpaired) electrons. The molecule has 3 rings (SSSR count). The molecule has 0 saturated heterocycles. The smallest absolute Gasteiger partial charge is 0.191 e. The SMILES string of the molecule is CC(O)(CN=C(NCCc1ccco1)NCCc1cccs1)c1cccs1.I. The first-order chi connectivity index (χ1) is 13.1. The van der Waals surface area contributed by atoms with E-state index in [4.69, 9.17) is 4.42 Å². The molecule has 0 spiro atoms. The van der Waals surface area contributed by atoms with Gasteiger partial charge in [0.05, 0.1) is 12.8 Å². The van der Waals surface area contributed by atoms with Gasteiger partial charge in [0.2, 0.25) is 0 Å². The van der Waals surface area contributed by atoms with Crippen molar-refractivity contribution in [1.82, 2.24) is 10.6 Å². The highest BCUT2D eigenvalue weighted by Crippen LogP contribution is 2.25. The first kappa shape index (κ1) is 22.9. The van der Waals surface area contributed by atoms with Gasteiger partial charge in [-0.05, 0) is 48.4 Å². The van der Waals surface area contributed by atoms with Gasteiger partial charge in [-0.15, -0.1) is 46.7 Å². The molecule has 3 heterocycles. The summed E-state index contributed by atoms with van der Waals surface area (Å²) >= 11 is 3.30. The lowest BCUT2D eigenvalue weighted by Crippen LogP contribution is -2.40. The quantitative estimate of drug-likeness (QED) is 0.220. The third-order valence-corrected chi connectivity index (χ3v) is 6.14. The predicted molar refractivity (Wildman–Crippen MR) is 128 cm³/mol. The van der Waals surface area contributed by atoms with Crippen LogP contribution in [0.4, 0.5) is 0 Å². The lowest BCUT2D eigenvalue weighted by molar-refractivity contribution is 0.0711. The van der Waals surface area contributed by atoms with Crippen molar-refractivity contribution in [2.45, 2.75) is 25.4 Å². The van der Waals surface area contributed by atoms with Crippen LogP contribution in [0.5, 0.6) is 0 Å². The van der Waals surface area contributed by atoms with Gasteiger partial charge in [0.25, 0.3) is 0 Å². The molecular formula is C20H26IN3O2S2. The number of nitrogens with zero attached hydrogens (tertiary/aromatic N) is 1. The van der Waals surface area contributed by atoms with Gasteiger partial charge in [0, 0.05) is 29.3 Å². The number of aliphatic hydroxyl groups is 1. The van der Waals surface area contributed by atoms with Crippen molar-refractivity contribution in [1.29, 1.82) is 0 Å². The zero-order valence-corrected chi connectivity index (χ0v) is 19.7. The third kappa shape index (κ3) is 7.23. The van der Waals surface area contributed by atoms with Crippen molar-refractivity contribution in [2.24, 2.45) is 4.99 Å². The van der Waals surface area contributed by atoms with E-state index >= 15 is 0 Å². The molecule has 0 aromatic carbocycles. The van der Waals surface area contributed by atoms with E-state index in [-0.39, 0.29) is 24.0 Å². The Balaban J connectivity index is 0.00000280. The van der Waals surface area contributed by atoms with Crippen LogP contribution >= 0.6 is 46.7 Å². The molecule has 8 heteroatoms. The molecule has 0 fully saturated rings. The molecule has 3 N–H and O–H groups in total. The van der Waals surface area contributed by atoms with Gasteiger partial charge in [-0.2, -0.15) is 0 Å². The highest BCUT2D eigenvalue weighted by molar-refractivity contribution is 14.0. The molecule has 0 amide bonds. The highest BCUT2D eigenvalue weighted by atomic mass is 127. The Morgan fingerprint density at radius 2 is 1.82 bits per heavy atom. The Bertz CT molecular complexity index is 759. The largest absolute Gasteiger partial charge is 0.469 e. The number of thiophene rings is 2. The van der Waals surface area contributed by atoms with E-state index in [9.17, 15) is 5.11 Å². The average Bonchev–Trinajstić information content (AvgIpc) is 3.42. The van der Waals surface area contributed by atoms with Crippen LogP contribution in [0, 0.1) is 0 Å². The van der Waals surface area contributed by atoms with Crippen LogP contribution in [-0.4, -0.2) is 30.7 Å². The van der Waals surface area contributed by atoms with Crippen LogP contribution in [0.2, 0.25) is 0 Å². The van der Waals surface area contributed by atoms with E-state index in [1.165, 1.54) is 4.88 Å². The minimum atomic E-state index is -0.975. The van der Waals surface area contributed by atoms with Gasteiger partial charge in [-0.25, -0.2) is 4.99 Å². The van der Waals surface area contributed by atoms with Gasteiger partial charge >= 0.3 is 0 Å². The maximum absolute atomic E-state index is 10.7. The summed E-state index contributed by atoms with van der Waals surface area (Å²) in [5.74, 6) is 1.64. The molecular weight excluding hydrogens is 505 g/mol. The monoisotopic (exact) mass is 531 g/mol. The van der Waals surface area contributed by atoms with Crippen LogP contribution in [0.15, 0.2) is 62.8 Å². The molecule has 0 bridgehead atoms. The second-order valence-corrected chi connectivity index (χ2v) is 8.41. The van der Waals surface area contributed by atoms with Gasteiger partial charge in [-0.1, -0.05) is 12.1 Å². The number of guanidine groups is 1. The summed E-state index contributed by atoms with van der Waals surface area (Å²) in [6, 6.07) is 11.9. The van der Waals surface area contributed by atoms with E-state index in [1.54, 1.807) is 35.9 Å². The first-order valence-corrected chi connectivity index (χ1v) is 10.7. The third-order valence-electron chi connectivity index (χ3n) is 4.08. The molecule has 0 aliphatic heterocycles. The van der Waals surface area contributed by atoms with Crippen LogP contribution in [-0.2, 0) is 18.4 Å². The van der Waals surface area contributed by atoms with E-state index in [2.05, 4.69) is 33.1 Å². The first-order valence-electron chi connectivity index (χ1n) is 8.97. The van der Waals surface area contributed by atoms with Crippen molar-refractivity contribution < 1.29 is 9.52 Å². The van der Waals surface area contributed by atoms with E-state index in [0.717, 1.165) is 30.0 Å². The minimum absolute atomic E-state index is 0. The van der Waals surface area contributed by atoms with E-state index in [1.807, 2.05) is 29.6 Å². The molecule has 3 aromatic heterocycles. The van der Waals surface area contributed by atoms with Crippen LogP contribution in [0.25, 0.3) is 0 Å². The standard InChI is InChI=1S/C20H25N3O2S2.HI/c1-20(24,18-7-4-14-27-18)15-23-19(21-10-8-16-5-2-12-25-16)22-11-9-17-6-3-13-26-17;/h2-7,12-14,24H,8-11,15H2,1H3,(H2,21,22,23);1H. The molecule has 0 aliphatic carbocycles. The summed E-state index contributed by atoms with van der Waals surface area (Å²) in [6.07, 6.45) is 3.40. The molecule has 3 aromatic rings. The fourth-order valence-electron chi connectivity index (χ4n) is 2.59. The van der Waals surface area contributed by atoms with E-state index < -0.39 is 5.60 Å². The normalized spacial score (nSPS) is 13.6. The van der Waals surface area contributed by atoms with E-state index in [0.29, 0.717) is 19.0 Å². The molecule has 28 heavy (non-hydrogen) atoms. The number of hydrogen-bond acceptors (Lipinski definition) is 5. The number of nitrogens with one attached hydrogen (secondary N) is 2. The van der Waals surface area contributed by atoms with Gasteiger partial charge in [0.1, 0.15) is 11.4 Å². The molecule has 1 atom stereocenters. The molecule has 1 unspecified atom stereocenters. The summed E-state index contributed by atoms with van der Waals surface area (Å²) in [6.45, 7) is 3.59.